The second kappa shape index (κ2) is 8.06. The van der Waals surface area contributed by atoms with Crippen molar-refractivity contribution in [2.24, 2.45) is 5.92 Å². The van der Waals surface area contributed by atoms with Gasteiger partial charge in [-0.1, -0.05) is 44.2 Å². The van der Waals surface area contributed by atoms with Gasteiger partial charge in [0.15, 0.2) is 0 Å². The van der Waals surface area contributed by atoms with Gasteiger partial charge in [-0.2, -0.15) is 0 Å². The highest BCUT2D eigenvalue weighted by molar-refractivity contribution is 7.13. The quantitative estimate of drug-likeness (QED) is 0.806. The molecule has 1 heterocycles. The number of aliphatic carboxylic acids is 1. The van der Waals surface area contributed by atoms with Gasteiger partial charge in [-0.25, -0.2) is 9.78 Å². The Bertz CT molecular complexity index is 710. The van der Waals surface area contributed by atoms with Crippen molar-refractivity contribution >= 4 is 23.2 Å². The first-order valence-corrected chi connectivity index (χ1v) is 8.72. The second-order valence-corrected chi connectivity index (χ2v) is 7.26. The van der Waals surface area contributed by atoms with E-state index < -0.39 is 12.0 Å². The summed E-state index contributed by atoms with van der Waals surface area (Å²) < 4.78 is 0. The van der Waals surface area contributed by atoms with Crippen LogP contribution in [0.25, 0.3) is 0 Å². The van der Waals surface area contributed by atoms with Gasteiger partial charge in [0.25, 0.3) is 5.91 Å². The highest BCUT2D eigenvalue weighted by Crippen LogP contribution is 2.21. The molecule has 0 bridgehead atoms. The maximum absolute atomic E-state index is 12.4. The van der Waals surface area contributed by atoms with Crippen molar-refractivity contribution in [3.8, 4) is 0 Å². The van der Waals surface area contributed by atoms with Crippen LogP contribution in [0.5, 0.6) is 0 Å². The lowest BCUT2D eigenvalue weighted by molar-refractivity contribution is -0.139. The molecule has 0 spiro atoms. The Morgan fingerprint density at radius 2 is 1.92 bits per heavy atom. The third kappa shape index (κ3) is 4.89. The minimum atomic E-state index is -1.01. The summed E-state index contributed by atoms with van der Waals surface area (Å²) in [7, 11) is 0. The summed E-state index contributed by atoms with van der Waals surface area (Å²) in [4.78, 5) is 28.7. The molecule has 1 unspecified atom stereocenters. The van der Waals surface area contributed by atoms with Crippen LogP contribution in [0.1, 0.15) is 46.2 Å². The molecule has 0 aliphatic carbocycles. The lowest BCUT2D eigenvalue weighted by Crippen LogP contribution is -2.41. The van der Waals surface area contributed by atoms with Crippen LogP contribution >= 0.6 is 11.3 Å². The third-order valence-electron chi connectivity index (χ3n) is 3.56. The number of rotatable bonds is 7. The third-order valence-corrected chi connectivity index (χ3v) is 4.71. The van der Waals surface area contributed by atoms with E-state index in [1.807, 2.05) is 44.2 Å². The number of hydrogen-bond acceptors (Lipinski definition) is 4. The summed E-state index contributed by atoms with van der Waals surface area (Å²) in [5.74, 6) is -1.19. The molecule has 0 fully saturated rings. The van der Waals surface area contributed by atoms with Crippen LogP contribution in [0.15, 0.2) is 30.3 Å². The van der Waals surface area contributed by atoms with Crippen LogP contribution < -0.4 is 5.32 Å². The molecule has 0 saturated heterocycles. The Morgan fingerprint density at radius 1 is 1.25 bits per heavy atom. The molecule has 1 aromatic heterocycles. The topological polar surface area (TPSA) is 79.3 Å². The number of aromatic nitrogens is 1. The van der Waals surface area contributed by atoms with Gasteiger partial charge in [-0.3, -0.25) is 4.79 Å². The van der Waals surface area contributed by atoms with Crippen LogP contribution in [0.2, 0.25) is 0 Å². The average Bonchev–Trinajstić information content (AvgIpc) is 2.87. The zero-order valence-corrected chi connectivity index (χ0v) is 14.9. The minimum Gasteiger partial charge on any atom is -0.480 e. The molecule has 128 valence electrons. The largest absolute Gasteiger partial charge is 0.480 e. The van der Waals surface area contributed by atoms with E-state index in [0.29, 0.717) is 23.4 Å². The van der Waals surface area contributed by atoms with E-state index in [0.717, 1.165) is 10.6 Å². The Hall–Kier alpha value is -2.21. The number of aryl methyl sites for hydroxylation is 1. The number of thiazole rings is 1. The highest BCUT2D eigenvalue weighted by atomic mass is 32.1. The zero-order chi connectivity index (χ0) is 17.7. The van der Waals surface area contributed by atoms with Gasteiger partial charge in [-0.15, -0.1) is 11.3 Å². The molecule has 24 heavy (non-hydrogen) atoms. The number of amides is 1. The van der Waals surface area contributed by atoms with E-state index in [9.17, 15) is 14.7 Å². The van der Waals surface area contributed by atoms with Crippen LogP contribution in [0, 0.1) is 12.8 Å². The molecule has 1 atom stereocenters. The maximum atomic E-state index is 12.4. The van der Waals surface area contributed by atoms with Crippen LogP contribution in [0.3, 0.4) is 0 Å². The van der Waals surface area contributed by atoms with E-state index in [2.05, 4.69) is 10.3 Å². The first-order valence-electron chi connectivity index (χ1n) is 7.90. The average molecular weight is 346 g/mol. The zero-order valence-electron chi connectivity index (χ0n) is 14.1. The fraction of sp³-hybridized carbons (Fsp3) is 0.389. The van der Waals surface area contributed by atoms with Gasteiger partial charge in [0.05, 0.1) is 10.7 Å². The van der Waals surface area contributed by atoms with Crippen molar-refractivity contribution in [1.29, 1.82) is 0 Å². The summed E-state index contributed by atoms with van der Waals surface area (Å²) in [5, 5.41) is 12.7. The van der Waals surface area contributed by atoms with E-state index in [4.69, 9.17) is 0 Å². The molecule has 0 saturated carbocycles. The number of carbonyl (C=O) groups is 2. The molecule has 1 aromatic carbocycles. The molecular formula is C18H22N2O3S. The first-order chi connectivity index (χ1) is 11.4. The first kappa shape index (κ1) is 18.1. The Balaban J connectivity index is 2.10. The van der Waals surface area contributed by atoms with Gasteiger partial charge in [0, 0.05) is 6.42 Å². The van der Waals surface area contributed by atoms with Crippen molar-refractivity contribution in [2.75, 3.05) is 0 Å². The van der Waals surface area contributed by atoms with E-state index in [1.165, 1.54) is 11.3 Å². The number of benzene rings is 1. The molecule has 2 rings (SSSR count). The summed E-state index contributed by atoms with van der Waals surface area (Å²) in [6.07, 6.45) is 1.06. The van der Waals surface area contributed by atoms with Crippen molar-refractivity contribution in [3.05, 3.63) is 51.5 Å². The maximum Gasteiger partial charge on any atom is 0.326 e. The Morgan fingerprint density at radius 3 is 2.50 bits per heavy atom. The molecule has 0 radical (unpaired) electrons. The molecule has 0 aliphatic rings. The normalized spacial score (nSPS) is 12.2. The van der Waals surface area contributed by atoms with E-state index in [1.54, 1.807) is 6.92 Å². The number of hydrogen-bond donors (Lipinski definition) is 2. The smallest absolute Gasteiger partial charge is 0.326 e. The van der Waals surface area contributed by atoms with Gasteiger partial charge in [0.1, 0.15) is 10.9 Å². The highest BCUT2D eigenvalue weighted by Gasteiger charge is 2.24. The number of carbonyl (C=O) groups excluding carboxylic acids is 1. The minimum absolute atomic E-state index is 0.183. The molecule has 2 aromatic rings. The van der Waals surface area contributed by atoms with E-state index in [-0.39, 0.29) is 11.8 Å². The number of carboxylic acid groups (broad SMARTS) is 1. The van der Waals surface area contributed by atoms with Crippen molar-refractivity contribution in [1.82, 2.24) is 10.3 Å². The summed E-state index contributed by atoms with van der Waals surface area (Å²) in [6, 6.07) is 9.03. The van der Waals surface area contributed by atoms with Crippen molar-refractivity contribution in [3.63, 3.8) is 0 Å². The second-order valence-electron chi connectivity index (χ2n) is 6.18. The standard InChI is InChI=1S/C18H22N2O3S/c1-11(2)9-14(18(22)23)20-17(21)16-12(3)19-15(24-16)10-13-7-5-4-6-8-13/h4-8,11,14H,9-10H2,1-3H3,(H,20,21)(H,22,23). The fourth-order valence-corrected chi connectivity index (χ4v) is 3.43. The van der Waals surface area contributed by atoms with Gasteiger partial charge < -0.3 is 10.4 Å². The monoisotopic (exact) mass is 346 g/mol. The SMILES string of the molecule is Cc1nc(Cc2ccccc2)sc1C(=O)NC(CC(C)C)C(=O)O. The molecule has 6 heteroatoms. The Labute approximate surface area is 145 Å². The van der Waals surface area contributed by atoms with Crippen molar-refractivity contribution in [2.45, 2.75) is 39.7 Å². The van der Waals surface area contributed by atoms with Gasteiger partial charge >= 0.3 is 5.97 Å². The number of carboxylic acids is 1. The molecule has 0 aliphatic heterocycles. The predicted molar refractivity (Wildman–Crippen MR) is 94.4 cm³/mol. The summed E-state index contributed by atoms with van der Waals surface area (Å²) >= 11 is 1.32. The van der Waals surface area contributed by atoms with Gasteiger partial charge in [-0.05, 0) is 24.8 Å². The van der Waals surface area contributed by atoms with E-state index >= 15 is 0 Å². The number of nitrogens with one attached hydrogen (secondary N) is 1. The lowest BCUT2D eigenvalue weighted by atomic mass is 10.0. The molecule has 1 amide bonds. The predicted octanol–water partition coefficient (Wildman–Crippen LogP) is 3.27. The lowest BCUT2D eigenvalue weighted by Gasteiger charge is -2.15. The van der Waals surface area contributed by atoms with Crippen LogP contribution in [0.4, 0.5) is 0 Å². The molecule has 2 N–H and O–H groups in total. The van der Waals surface area contributed by atoms with Crippen LogP contribution in [-0.2, 0) is 11.2 Å². The number of nitrogens with zero attached hydrogens (tertiary/aromatic N) is 1. The fourth-order valence-electron chi connectivity index (χ4n) is 2.43. The van der Waals surface area contributed by atoms with Crippen molar-refractivity contribution < 1.29 is 14.7 Å². The van der Waals surface area contributed by atoms with Crippen LogP contribution in [-0.4, -0.2) is 28.0 Å². The summed E-state index contributed by atoms with van der Waals surface area (Å²) in [6.45, 7) is 5.63. The molecule has 5 nitrogen and oxygen atoms in total. The van der Waals surface area contributed by atoms with Gasteiger partial charge in [0.2, 0.25) is 0 Å². The Kier molecular flexibility index (Phi) is 6.09. The molecular weight excluding hydrogens is 324 g/mol. The summed E-state index contributed by atoms with van der Waals surface area (Å²) in [5.41, 5.74) is 1.76.